The number of thiazole rings is 1. The van der Waals surface area contributed by atoms with Crippen molar-refractivity contribution in [1.82, 2.24) is 4.98 Å². The Balaban J connectivity index is 2.09. The van der Waals surface area contributed by atoms with Crippen molar-refractivity contribution in [2.75, 3.05) is 5.32 Å². The van der Waals surface area contributed by atoms with Gasteiger partial charge in [-0.25, -0.2) is 4.98 Å². The molecule has 0 aliphatic rings. The van der Waals surface area contributed by atoms with Crippen molar-refractivity contribution in [2.24, 2.45) is 0 Å². The van der Waals surface area contributed by atoms with E-state index < -0.39 is 0 Å². The number of rotatable bonds is 3. The van der Waals surface area contributed by atoms with Crippen LogP contribution in [-0.4, -0.2) is 10.9 Å². The van der Waals surface area contributed by atoms with Gasteiger partial charge in [-0.05, 0) is 17.7 Å². The maximum absolute atomic E-state index is 11.8. The number of aromatic nitrogens is 1. The highest BCUT2D eigenvalue weighted by atomic mass is 79.9. The third-order valence-electron chi connectivity index (χ3n) is 2.02. The molecule has 0 spiro atoms. The minimum Gasteiger partial charge on any atom is -0.298 e. The first-order valence-corrected chi connectivity index (χ1v) is 6.65. The monoisotopic (exact) mass is 296 g/mol. The van der Waals surface area contributed by atoms with Crippen LogP contribution in [0.5, 0.6) is 0 Å². The lowest BCUT2D eigenvalue weighted by Crippen LogP contribution is -2.11. The molecular formula is C11H9BrN2OS. The summed E-state index contributed by atoms with van der Waals surface area (Å²) in [5.74, 6) is -0.129. The van der Waals surface area contributed by atoms with Gasteiger partial charge in [-0.1, -0.05) is 28.1 Å². The smallest absolute Gasteiger partial charge is 0.257 e. The highest BCUT2D eigenvalue weighted by Gasteiger charge is 2.06. The summed E-state index contributed by atoms with van der Waals surface area (Å²) in [5.41, 5.74) is 1.78. The van der Waals surface area contributed by atoms with Crippen LogP contribution in [0.3, 0.4) is 0 Å². The third-order valence-corrected chi connectivity index (χ3v) is 3.36. The van der Waals surface area contributed by atoms with Crippen LogP contribution in [0.25, 0.3) is 0 Å². The van der Waals surface area contributed by atoms with Gasteiger partial charge in [-0.15, -0.1) is 11.3 Å². The van der Waals surface area contributed by atoms with Gasteiger partial charge in [0, 0.05) is 22.5 Å². The Morgan fingerprint density at radius 1 is 1.38 bits per heavy atom. The average molecular weight is 297 g/mol. The Hall–Kier alpha value is -1.20. The largest absolute Gasteiger partial charge is 0.298 e. The second-order valence-electron chi connectivity index (χ2n) is 3.12. The van der Waals surface area contributed by atoms with Crippen LogP contribution < -0.4 is 5.32 Å². The van der Waals surface area contributed by atoms with Crippen molar-refractivity contribution in [3.8, 4) is 0 Å². The summed E-state index contributed by atoms with van der Waals surface area (Å²) in [7, 11) is 0. The van der Waals surface area contributed by atoms with E-state index in [2.05, 4.69) is 26.2 Å². The number of nitrogens with one attached hydrogen (secondary N) is 1. The van der Waals surface area contributed by atoms with E-state index in [1.54, 1.807) is 18.3 Å². The topological polar surface area (TPSA) is 42.0 Å². The van der Waals surface area contributed by atoms with Crippen LogP contribution in [0.2, 0.25) is 0 Å². The SMILES string of the molecule is O=C(Nc1nccs1)c1ccc(CBr)cc1. The van der Waals surface area contributed by atoms with E-state index in [-0.39, 0.29) is 5.91 Å². The fourth-order valence-electron chi connectivity index (χ4n) is 1.20. The van der Waals surface area contributed by atoms with Crippen LogP contribution in [0, 0.1) is 0 Å². The van der Waals surface area contributed by atoms with Gasteiger partial charge >= 0.3 is 0 Å². The molecule has 1 aromatic carbocycles. The number of amides is 1. The Morgan fingerprint density at radius 2 is 2.12 bits per heavy atom. The first-order valence-electron chi connectivity index (χ1n) is 4.65. The van der Waals surface area contributed by atoms with Crippen LogP contribution >= 0.6 is 27.3 Å². The lowest BCUT2D eigenvalue weighted by Gasteiger charge is -2.02. The molecule has 82 valence electrons. The van der Waals surface area contributed by atoms with Gasteiger partial charge in [0.15, 0.2) is 5.13 Å². The lowest BCUT2D eigenvalue weighted by atomic mass is 10.1. The second kappa shape index (κ2) is 5.23. The number of halogens is 1. The minimum atomic E-state index is -0.129. The molecule has 0 aliphatic carbocycles. The van der Waals surface area contributed by atoms with Gasteiger partial charge in [0.2, 0.25) is 0 Å². The molecule has 0 saturated heterocycles. The summed E-state index contributed by atoms with van der Waals surface area (Å²) in [6.07, 6.45) is 1.66. The zero-order chi connectivity index (χ0) is 11.4. The first-order chi connectivity index (χ1) is 7.79. The summed E-state index contributed by atoms with van der Waals surface area (Å²) in [6, 6.07) is 7.45. The van der Waals surface area contributed by atoms with Gasteiger partial charge < -0.3 is 0 Å². The summed E-state index contributed by atoms with van der Waals surface area (Å²) in [5, 5.41) is 5.97. The molecule has 1 N–H and O–H groups in total. The summed E-state index contributed by atoms with van der Waals surface area (Å²) >= 11 is 4.76. The quantitative estimate of drug-likeness (QED) is 0.883. The molecule has 1 heterocycles. The van der Waals surface area contributed by atoms with Crippen molar-refractivity contribution in [1.29, 1.82) is 0 Å². The maximum atomic E-state index is 11.8. The minimum absolute atomic E-state index is 0.129. The molecule has 2 aromatic rings. The second-order valence-corrected chi connectivity index (χ2v) is 4.58. The number of hydrogen-bond donors (Lipinski definition) is 1. The number of carbonyl (C=O) groups excluding carboxylic acids is 1. The van der Waals surface area contributed by atoms with E-state index in [1.807, 2.05) is 17.5 Å². The maximum Gasteiger partial charge on any atom is 0.257 e. The highest BCUT2D eigenvalue weighted by molar-refractivity contribution is 9.08. The first kappa shape index (κ1) is 11.3. The van der Waals surface area contributed by atoms with Crippen molar-refractivity contribution >= 4 is 38.3 Å². The number of alkyl halides is 1. The zero-order valence-corrected chi connectivity index (χ0v) is 10.7. The standard InChI is InChI=1S/C11H9BrN2OS/c12-7-8-1-3-9(4-2-8)10(15)14-11-13-5-6-16-11/h1-6H,7H2,(H,13,14,15). The predicted molar refractivity (Wildman–Crippen MR) is 69.1 cm³/mol. The molecule has 0 fully saturated rings. The molecule has 3 nitrogen and oxygen atoms in total. The fourth-order valence-corrected chi connectivity index (χ4v) is 2.10. The van der Waals surface area contributed by atoms with Gasteiger partial charge in [0.05, 0.1) is 0 Å². The van der Waals surface area contributed by atoms with Crippen molar-refractivity contribution in [3.63, 3.8) is 0 Å². The van der Waals surface area contributed by atoms with Crippen molar-refractivity contribution in [2.45, 2.75) is 5.33 Å². The van der Waals surface area contributed by atoms with Crippen molar-refractivity contribution < 1.29 is 4.79 Å². The normalized spacial score (nSPS) is 10.1. The summed E-state index contributed by atoms with van der Waals surface area (Å²) < 4.78 is 0. The average Bonchev–Trinajstić information content (AvgIpc) is 2.82. The number of nitrogens with zero attached hydrogens (tertiary/aromatic N) is 1. The number of benzene rings is 1. The molecule has 0 bridgehead atoms. The predicted octanol–water partition coefficient (Wildman–Crippen LogP) is 3.29. The molecule has 1 amide bonds. The van der Waals surface area contributed by atoms with E-state index in [0.29, 0.717) is 10.7 Å². The van der Waals surface area contributed by atoms with Gasteiger partial charge in [-0.3, -0.25) is 10.1 Å². The Labute approximate surface area is 106 Å². The molecule has 0 aliphatic heterocycles. The molecule has 0 radical (unpaired) electrons. The molecular weight excluding hydrogens is 288 g/mol. The van der Waals surface area contributed by atoms with E-state index in [9.17, 15) is 4.79 Å². The van der Waals surface area contributed by atoms with Gasteiger partial charge in [0.25, 0.3) is 5.91 Å². The highest BCUT2D eigenvalue weighted by Crippen LogP contribution is 2.13. The van der Waals surface area contributed by atoms with E-state index in [4.69, 9.17) is 0 Å². The molecule has 16 heavy (non-hydrogen) atoms. The number of carbonyl (C=O) groups is 1. The summed E-state index contributed by atoms with van der Waals surface area (Å²) in [6.45, 7) is 0. The third kappa shape index (κ3) is 2.68. The molecule has 1 aromatic heterocycles. The van der Waals surface area contributed by atoms with Crippen LogP contribution in [0.1, 0.15) is 15.9 Å². The Kier molecular flexibility index (Phi) is 3.69. The van der Waals surface area contributed by atoms with Crippen LogP contribution in [-0.2, 0) is 5.33 Å². The number of hydrogen-bond acceptors (Lipinski definition) is 3. The van der Waals surface area contributed by atoms with Gasteiger partial charge in [-0.2, -0.15) is 0 Å². The molecule has 0 atom stereocenters. The van der Waals surface area contributed by atoms with E-state index in [0.717, 1.165) is 10.9 Å². The van der Waals surface area contributed by atoms with Crippen LogP contribution in [0.15, 0.2) is 35.8 Å². The number of anilines is 1. The summed E-state index contributed by atoms with van der Waals surface area (Å²) in [4.78, 5) is 15.8. The lowest BCUT2D eigenvalue weighted by molar-refractivity contribution is 0.102. The van der Waals surface area contributed by atoms with E-state index >= 15 is 0 Å². The Bertz CT molecular complexity index is 467. The molecule has 0 unspecified atom stereocenters. The molecule has 2 rings (SSSR count). The fraction of sp³-hybridized carbons (Fsp3) is 0.0909. The molecule has 0 saturated carbocycles. The zero-order valence-electron chi connectivity index (χ0n) is 8.31. The van der Waals surface area contributed by atoms with Crippen LogP contribution in [0.4, 0.5) is 5.13 Å². The van der Waals surface area contributed by atoms with Crippen molar-refractivity contribution in [3.05, 3.63) is 47.0 Å². The van der Waals surface area contributed by atoms with Gasteiger partial charge in [0.1, 0.15) is 0 Å². The molecule has 5 heteroatoms. The Morgan fingerprint density at radius 3 is 2.69 bits per heavy atom. The van der Waals surface area contributed by atoms with E-state index in [1.165, 1.54) is 11.3 Å².